The van der Waals surface area contributed by atoms with Gasteiger partial charge in [0.25, 0.3) is 0 Å². The number of para-hydroxylation sites is 1. The minimum atomic E-state index is -1.49. The molecule has 0 amide bonds. The van der Waals surface area contributed by atoms with Crippen LogP contribution in [0, 0.1) is 13.8 Å². The Morgan fingerprint density at radius 1 is 1.19 bits per heavy atom. The van der Waals surface area contributed by atoms with E-state index in [0.717, 1.165) is 11.4 Å². The Balaban J connectivity index is 2.59. The zero-order valence-electron chi connectivity index (χ0n) is 9.25. The van der Waals surface area contributed by atoms with E-state index in [1.165, 1.54) is 0 Å². The van der Waals surface area contributed by atoms with Gasteiger partial charge in [-0.3, -0.25) is 0 Å². The molecular formula is C11H13BN2O2. The average Bonchev–Trinajstić information content (AvgIpc) is 2.57. The molecule has 2 rings (SSSR count). The molecule has 4 nitrogen and oxygen atoms in total. The lowest BCUT2D eigenvalue weighted by Crippen LogP contribution is -2.33. The van der Waals surface area contributed by atoms with Crippen LogP contribution in [0.3, 0.4) is 0 Å². The average molecular weight is 216 g/mol. The van der Waals surface area contributed by atoms with Crippen molar-refractivity contribution in [2.75, 3.05) is 0 Å². The first-order valence-electron chi connectivity index (χ1n) is 5.08. The van der Waals surface area contributed by atoms with Crippen molar-refractivity contribution in [3.63, 3.8) is 0 Å². The highest BCUT2D eigenvalue weighted by atomic mass is 16.4. The second-order valence-corrected chi connectivity index (χ2v) is 3.77. The number of aromatic nitrogens is 2. The summed E-state index contributed by atoms with van der Waals surface area (Å²) in [6.07, 6.45) is 0. The molecule has 0 aliphatic rings. The van der Waals surface area contributed by atoms with E-state index in [4.69, 9.17) is 0 Å². The van der Waals surface area contributed by atoms with Gasteiger partial charge in [0.1, 0.15) is 0 Å². The lowest BCUT2D eigenvalue weighted by atomic mass is 9.79. The molecule has 82 valence electrons. The van der Waals surface area contributed by atoms with Gasteiger partial charge >= 0.3 is 7.12 Å². The Hall–Kier alpha value is -1.59. The Kier molecular flexibility index (Phi) is 2.81. The molecule has 0 spiro atoms. The van der Waals surface area contributed by atoms with E-state index in [9.17, 15) is 10.0 Å². The first-order valence-corrected chi connectivity index (χ1v) is 5.08. The molecule has 1 heterocycles. The van der Waals surface area contributed by atoms with E-state index >= 15 is 0 Å². The molecule has 0 aliphatic carbocycles. The van der Waals surface area contributed by atoms with E-state index in [2.05, 4.69) is 5.10 Å². The second kappa shape index (κ2) is 4.12. The van der Waals surface area contributed by atoms with Gasteiger partial charge in [0.15, 0.2) is 0 Å². The fraction of sp³-hybridized carbons (Fsp3) is 0.182. The van der Waals surface area contributed by atoms with E-state index in [0.29, 0.717) is 11.2 Å². The highest BCUT2D eigenvalue weighted by Gasteiger charge is 2.17. The van der Waals surface area contributed by atoms with Gasteiger partial charge in [-0.05, 0) is 26.0 Å². The SMILES string of the molecule is Cc1cc(C)n(-c2ccccc2B(O)O)n1. The molecule has 0 saturated heterocycles. The molecule has 0 fully saturated rings. The van der Waals surface area contributed by atoms with Crippen molar-refractivity contribution in [3.05, 3.63) is 41.7 Å². The van der Waals surface area contributed by atoms with E-state index in [1.807, 2.05) is 32.0 Å². The fourth-order valence-electron chi connectivity index (χ4n) is 1.77. The lowest BCUT2D eigenvalue weighted by molar-refractivity contribution is 0.425. The van der Waals surface area contributed by atoms with Crippen LogP contribution in [0.15, 0.2) is 30.3 Å². The Morgan fingerprint density at radius 2 is 1.88 bits per heavy atom. The Bertz CT molecular complexity index is 508. The van der Waals surface area contributed by atoms with Crippen LogP contribution in [0.4, 0.5) is 0 Å². The van der Waals surface area contributed by atoms with Crippen LogP contribution in [0.1, 0.15) is 11.4 Å². The number of aryl methyl sites for hydroxylation is 2. The monoisotopic (exact) mass is 216 g/mol. The van der Waals surface area contributed by atoms with Gasteiger partial charge in [0.05, 0.1) is 11.4 Å². The van der Waals surface area contributed by atoms with Gasteiger partial charge in [-0.25, -0.2) is 4.68 Å². The van der Waals surface area contributed by atoms with Crippen molar-refractivity contribution >= 4 is 12.6 Å². The van der Waals surface area contributed by atoms with Crippen molar-refractivity contribution in [2.45, 2.75) is 13.8 Å². The van der Waals surface area contributed by atoms with Gasteiger partial charge in [-0.15, -0.1) is 0 Å². The van der Waals surface area contributed by atoms with Gasteiger partial charge in [0, 0.05) is 11.2 Å². The highest BCUT2D eigenvalue weighted by molar-refractivity contribution is 6.60. The van der Waals surface area contributed by atoms with Gasteiger partial charge in [-0.2, -0.15) is 5.10 Å². The summed E-state index contributed by atoms with van der Waals surface area (Å²) >= 11 is 0. The summed E-state index contributed by atoms with van der Waals surface area (Å²) in [5.41, 5.74) is 3.02. The molecule has 1 aromatic heterocycles. The lowest BCUT2D eigenvalue weighted by Gasteiger charge is -2.10. The maximum Gasteiger partial charge on any atom is 0.490 e. The predicted molar refractivity (Wildman–Crippen MR) is 62.9 cm³/mol. The first kappa shape index (κ1) is 10.9. The predicted octanol–water partition coefficient (Wildman–Crippen LogP) is 0.169. The van der Waals surface area contributed by atoms with Crippen molar-refractivity contribution in [2.24, 2.45) is 0 Å². The van der Waals surface area contributed by atoms with Crippen molar-refractivity contribution < 1.29 is 10.0 Å². The van der Waals surface area contributed by atoms with Crippen LogP contribution in [0.2, 0.25) is 0 Å². The Labute approximate surface area is 94.3 Å². The summed E-state index contributed by atoms with van der Waals surface area (Å²) in [6.45, 7) is 3.84. The number of hydrogen-bond acceptors (Lipinski definition) is 3. The molecule has 0 atom stereocenters. The molecule has 0 radical (unpaired) electrons. The van der Waals surface area contributed by atoms with Crippen molar-refractivity contribution in [1.29, 1.82) is 0 Å². The third-order valence-electron chi connectivity index (χ3n) is 2.45. The summed E-state index contributed by atoms with van der Waals surface area (Å²) in [5, 5.41) is 22.9. The summed E-state index contributed by atoms with van der Waals surface area (Å²) < 4.78 is 1.71. The van der Waals surface area contributed by atoms with Crippen molar-refractivity contribution in [1.82, 2.24) is 9.78 Å². The van der Waals surface area contributed by atoms with Crippen LogP contribution >= 0.6 is 0 Å². The van der Waals surface area contributed by atoms with E-state index in [1.54, 1.807) is 16.8 Å². The standard InChI is InChI=1S/C11H13BN2O2/c1-8-7-9(2)14(13-8)11-6-4-3-5-10(11)12(15)16/h3-7,15-16H,1-2H3. The van der Waals surface area contributed by atoms with Gasteiger partial charge in [-0.1, -0.05) is 18.2 Å². The molecular weight excluding hydrogens is 203 g/mol. The third kappa shape index (κ3) is 1.87. The zero-order valence-corrected chi connectivity index (χ0v) is 9.25. The molecule has 0 bridgehead atoms. The normalized spacial score (nSPS) is 10.5. The number of benzene rings is 1. The fourth-order valence-corrected chi connectivity index (χ4v) is 1.77. The van der Waals surface area contributed by atoms with E-state index in [-0.39, 0.29) is 0 Å². The molecule has 5 heteroatoms. The zero-order chi connectivity index (χ0) is 11.7. The number of hydrogen-bond donors (Lipinski definition) is 2. The highest BCUT2D eigenvalue weighted by Crippen LogP contribution is 2.10. The minimum absolute atomic E-state index is 0.453. The van der Waals surface area contributed by atoms with Crippen LogP contribution < -0.4 is 5.46 Å². The van der Waals surface area contributed by atoms with Gasteiger partial charge in [0.2, 0.25) is 0 Å². The van der Waals surface area contributed by atoms with Crippen LogP contribution in [-0.2, 0) is 0 Å². The topological polar surface area (TPSA) is 58.3 Å². The molecule has 16 heavy (non-hydrogen) atoms. The van der Waals surface area contributed by atoms with Gasteiger partial charge < -0.3 is 10.0 Å². The van der Waals surface area contributed by atoms with Crippen LogP contribution in [0.25, 0.3) is 5.69 Å². The molecule has 0 aliphatic heterocycles. The van der Waals surface area contributed by atoms with E-state index < -0.39 is 7.12 Å². The van der Waals surface area contributed by atoms with Crippen LogP contribution in [0.5, 0.6) is 0 Å². The summed E-state index contributed by atoms with van der Waals surface area (Å²) in [6, 6.07) is 9.05. The molecule has 1 aromatic carbocycles. The summed E-state index contributed by atoms with van der Waals surface area (Å²) in [4.78, 5) is 0. The minimum Gasteiger partial charge on any atom is -0.423 e. The second-order valence-electron chi connectivity index (χ2n) is 3.77. The largest absolute Gasteiger partial charge is 0.490 e. The summed E-state index contributed by atoms with van der Waals surface area (Å²) in [5.74, 6) is 0. The maximum atomic E-state index is 9.28. The summed E-state index contributed by atoms with van der Waals surface area (Å²) in [7, 11) is -1.49. The quantitative estimate of drug-likeness (QED) is 0.703. The molecule has 0 unspecified atom stereocenters. The third-order valence-corrected chi connectivity index (χ3v) is 2.45. The Morgan fingerprint density at radius 3 is 2.44 bits per heavy atom. The first-order chi connectivity index (χ1) is 7.59. The molecule has 2 N–H and O–H groups in total. The molecule has 2 aromatic rings. The van der Waals surface area contributed by atoms with Crippen LogP contribution in [-0.4, -0.2) is 26.9 Å². The number of rotatable bonds is 2. The maximum absolute atomic E-state index is 9.28. The molecule has 0 saturated carbocycles. The van der Waals surface area contributed by atoms with Crippen molar-refractivity contribution in [3.8, 4) is 5.69 Å². The number of nitrogens with zero attached hydrogens (tertiary/aromatic N) is 2. The smallest absolute Gasteiger partial charge is 0.423 e.